The summed E-state index contributed by atoms with van der Waals surface area (Å²) >= 11 is 3.97. The third-order valence-corrected chi connectivity index (χ3v) is 1.21. The van der Waals surface area contributed by atoms with Gasteiger partial charge >= 0.3 is 0 Å². The second kappa shape index (κ2) is 2.77. The van der Waals surface area contributed by atoms with Crippen molar-refractivity contribution in [1.29, 1.82) is 0 Å². The first kappa shape index (κ1) is 6.48. The molecule has 4 heteroatoms. The number of aromatic nitrogens is 1. The van der Waals surface area contributed by atoms with Crippen molar-refractivity contribution in [2.45, 2.75) is 5.75 Å². The van der Waals surface area contributed by atoms with Crippen LogP contribution in [0.3, 0.4) is 0 Å². The molecule has 0 aromatic carbocycles. The number of rotatable bonds is 2. The van der Waals surface area contributed by atoms with Crippen LogP contribution >= 0.6 is 12.6 Å². The van der Waals surface area contributed by atoms with Gasteiger partial charge in [-0.2, -0.15) is 12.6 Å². The Morgan fingerprint density at radius 1 is 1.89 bits per heavy atom. The Morgan fingerprint density at radius 2 is 2.67 bits per heavy atom. The Hall–Kier alpha value is -0.640. The highest BCUT2D eigenvalue weighted by atomic mass is 32.1. The van der Waals surface area contributed by atoms with Crippen molar-refractivity contribution in [1.82, 2.24) is 5.16 Å². The van der Waals surface area contributed by atoms with E-state index < -0.39 is 0 Å². The molecule has 0 amide bonds. The standard InChI is InChI=1S/C5H7NO2S/c1-7-5-2-4(3-9)8-6-5/h2,9H,3H2,1H3. The zero-order valence-electron chi connectivity index (χ0n) is 5.00. The van der Waals surface area contributed by atoms with Gasteiger partial charge in [0.25, 0.3) is 5.88 Å². The van der Waals surface area contributed by atoms with Gasteiger partial charge in [0.15, 0.2) is 0 Å². The van der Waals surface area contributed by atoms with E-state index in [1.807, 2.05) is 0 Å². The van der Waals surface area contributed by atoms with Crippen molar-refractivity contribution in [2.24, 2.45) is 0 Å². The molecule has 0 N–H and O–H groups in total. The highest BCUT2D eigenvalue weighted by Crippen LogP contribution is 2.11. The predicted octanol–water partition coefficient (Wildman–Crippen LogP) is 1.11. The molecule has 0 saturated heterocycles. The molecular formula is C5H7NO2S. The third-order valence-electron chi connectivity index (χ3n) is 0.902. The van der Waals surface area contributed by atoms with Gasteiger partial charge in [0, 0.05) is 6.07 Å². The monoisotopic (exact) mass is 145 g/mol. The summed E-state index contributed by atoms with van der Waals surface area (Å²) in [6.45, 7) is 0. The van der Waals surface area contributed by atoms with E-state index in [9.17, 15) is 0 Å². The molecule has 0 radical (unpaired) electrons. The molecule has 9 heavy (non-hydrogen) atoms. The molecule has 0 unspecified atom stereocenters. The minimum atomic E-state index is 0.499. The number of thiol groups is 1. The van der Waals surface area contributed by atoms with Crippen molar-refractivity contribution >= 4 is 12.6 Å². The van der Waals surface area contributed by atoms with Crippen LogP contribution in [0.5, 0.6) is 5.88 Å². The molecule has 0 saturated carbocycles. The van der Waals surface area contributed by atoms with Crippen LogP contribution in [0, 0.1) is 0 Å². The van der Waals surface area contributed by atoms with E-state index in [1.54, 1.807) is 13.2 Å². The van der Waals surface area contributed by atoms with Crippen LogP contribution in [0.2, 0.25) is 0 Å². The van der Waals surface area contributed by atoms with Gasteiger partial charge in [-0.25, -0.2) is 0 Å². The van der Waals surface area contributed by atoms with E-state index >= 15 is 0 Å². The summed E-state index contributed by atoms with van der Waals surface area (Å²) in [5.74, 6) is 1.77. The molecule has 0 aliphatic heterocycles. The summed E-state index contributed by atoms with van der Waals surface area (Å²) in [5, 5.41) is 3.56. The highest BCUT2D eigenvalue weighted by Gasteiger charge is 1.99. The van der Waals surface area contributed by atoms with Crippen molar-refractivity contribution in [3.63, 3.8) is 0 Å². The minimum Gasteiger partial charge on any atom is -0.479 e. The first-order chi connectivity index (χ1) is 4.36. The molecular weight excluding hydrogens is 138 g/mol. The first-order valence-corrected chi connectivity index (χ1v) is 3.10. The van der Waals surface area contributed by atoms with Gasteiger partial charge in [0.2, 0.25) is 0 Å². The van der Waals surface area contributed by atoms with Gasteiger partial charge in [-0.05, 0) is 5.16 Å². The lowest BCUT2D eigenvalue weighted by Gasteiger charge is -1.83. The summed E-state index contributed by atoms with van der Waals surface area (Å²) in [4.78, 5) is 0. The van der Waals surface area contributed by atoms with Crippen molar-refractivity contribution in [2.75, 3.05) is 7.11 Å². The van der Waals surface area contributed by atoms with Crippen LogP contribution in [-0.2, 0) is 5.75 Å². The molecule has 1 aromatic heterocycles. The summed E-state index contributed by atoms with van der Waals surface area (Å²) < 4.78 is 9.51. The van der Waals surface area contributed by atoms with Gasteiger partial charge in [-0.15, -0.1) is 0 Å². The topological polar surface area (TPSA) is 35.3 Å². The normalized spacial score (nSPS) is 9.56. The lowest BCUT2D eigenvalue weighted by molar-refractivity contribution is 0.330. The van der Waals surface area contributed by atoms with Gasteiger partial charge < -0.3 is 9.26 Å². The maximum Gasteiger partial charge on any atom is 0.254 e. The van der Waals surface area contributed by atoms with Crippen molar-refractivity contribution in [3.8, 4) is 5.88 Å². The highest BCUT2D eigenvalue weighted by molar-refractivity contribution is 7.79. The van der Waals surface area contributed by atoms with Gasteiger partial charge in [-0.3, -0.25) is 0 Å². The molecule has 1 heterocycles. The molecule has 1 aromatic rings. The smallest absolute Gasteiger partial charge is 0.254 e. The van der Waals surface area contributed by atoms with Crippen LogP contribution in [0.15, 0.2) is 10.6 Å². The summed E-state index contributed by atoms with van der Waals surface area (Å²) in [6.07, 6.45) is 0. The van der Waals surface area contributed by atoms with Gasteiger partial charge in [0.05, 0.1) is 12.9 Å². The van der Waals surface area contributed by atoms with E-state index in [-0.39, 0.29) is 0 Å². The van der Waals surface area contributed by atoms with Crippen molar-refractivity contribution in [3.05, 3.63) is 11.8 Å². The van der Waals surface area contributed by atoms with Gasteiger partial charge in [0.1, 0.15) is 5.76 Å². The second-order valence-corrected chi connectivity index (χ2v) is 1.81. The Morgan fingerprint density at radius 3 is 3.00 bits per heavy atom. The largest absolute Gasteiger partial charge is 0.479 e. The van der Waals surface area contributed by atoms with Crippen LogP contribution in [0.4, 0.5) is 0 Å². The van der Waals surface area contributed by atoms with Gasteiger partial charge in [-0.1, -0.05) is 0 Å². The maximum atomic E-state index is 4.76. The van der Waals surface area contributed by atoms with E-state index in [4.69, 9.17) is 9.26 Å². The number of methoxy groups -OCH3 is 1. The van der Waals surface area contributed by atoms with E-state index in [1.165, 1.54) is 0 Å². The Bertz CT molecular complexity index is 168. The molecule has 0 aliphatic rings. The SMILES string of the molecule is COc1cc(CS)on1. The fourth-order valence-electron chi connectivity index (χ4n) is 0.465. The average molecular weight is 145 g/mol. The molecule has 0 atom stereocenters. The summed E-state index contributed by atoms with van der Waals surface area (Å²) in [5.41, 5.74) is 0. The maximum absolute atomic E-state index is 4.76. The number of ether oxygens (including phenoxy) is 1. The fraction of sp³-hybridized carbons (Fsp3) is 0.400. The van der Waals surface area contributed by atoms with E-state index in [0.29, 0.717) is 11.6 Å². The molecule has 0 fully saturated rings. The summed E-state index contributed by atoms with van der Waals surface area (Å²) in [7, 11) is 1.54. The Labute approximate surface area is 58.4 Å². The number of hydrogen-bond acceptors (Lipinski definition) is 4. The second-order valence-electron chi connectivity index (χ2n) is 1.49. The Kier molecular flexibility index (Phi) is 2.00. The lowest BCUT2D eigenvalue weighted by atomic mass is 10.5. The van der Waals surface area contributed by atoms with E-state index in [2.05, 4.69) is 17.8 Å². The molecule has 0 aliphatic carbocycles. The number of hydrogen-bond donors (Lipinski definition) is 1. The predicted molar refractivity (Wildman–Crippen MR) is 35.7 cm³/mol. The van der Waals surface area contributed by atoms with Crippen LogP contribution in [-0.4, -0.2) is 12.3 Å². The molecule has 1 rings (SSSR count). The summed E-state index contributed by atoms with van der Waals surface area (Å²) in [6, 6.07) is 1.70. The fourth-order valence-corrected chi connectivity index (χ4v) is 0.614. The van der Waals surface area contributed by atoms with Crippen LogP contribution < -0.4 is 4.74 Å². The van der Waals surface area contributed by atoms with E-state index in [0.717, 1.165) is 5.76 Å². The third kappa shape index (κ3) is 1.38. The zero-order chi connectivity index (χ0) is 6.69. The number of nitrogens with zero attached hydrogens (tertiary/aromatic N) is 1. The Balaban J connectivity index is 2.74. The lowest BCUT2D eigenvalue weighted by Crippen LogP contribution is -1.78. The van der Waals surface area contributed by atoms with Crippen LogP contribution in [0.1, 0.15) is 5.76 Å². The van der Waals surface area contributed by atoms with Crippen LogP contribution in [0.25, 0.3) is 0 Å². The zero-order valence-corrected chi connectivity index (χ0v) is 5.89. The molecule has 50 valence electrons. The average Bonchev–Trinajstić information content (AvgIpc) is 2.34. The minimum absolute atomic E-state index is 0.499. The van der Waals surface area contributed by atoms with Crippen molar-refractivity contribution < 1.29 is 9.26 Å². The first-order valence-electron chi connectivity index (χ1n) is 2.47. The molecule has 0 bridgehead atoms. The molecule has 3 nitrogen and oxygen atoms in total. The molecule has 0 spiro atoms. The quantitative estimate of drug-likeness (QED) is 0.633.